The van der Waals surface area contributed by atoms with E-state index in [1.807, 2.05) is 35.0 Å². The summed E-state index contributed by atoms with van der Waals surface area (Å²) in [4.78, 5) is 4.45. The van der Waals surface area contributed by atoms with Gasteiger partial charge in [0, 0.05) is 12.8 Å². The summed E-state index contributed by atoms with van der Waals surface area (Å²) < 4.78 is 16.0. The Kier molecular flexibility index (Phi) is 2.83. The van der Waals surface area contributed by atoms with E-state index in [-0.39, 0.29) is 6.04 Å². The van der Waals surface area contributed by atoms with E-state index in [4.69, 9.17) is 0 Å². The molecule has 1 aromatic carbocycles. The van der Waals surface area contributed by atoms with E-state index in [1.165, 1.54) is 19.3 Å². The number of halogens is 1. The smallest absolute Gasteiger partial charge is 0.162 e. The van der Waals surface area contributed by atoms with Gasteiger partial charge in [-0.3, -0.25) is 0 Å². The molecule has 20 heavy (non-hydrogen) atoms. The molecule has 2 heterocycles. The molecule has 0 spiro atoms. The standard InChI is InChI=1S/C16H18FN3/c17-13-10-14(12-7-2-1-3-8-12)20-16(13)18-15(19-20)9-11-5-4-6-11/h1-3,7-8,11,13-14H,4-6,9-10H2/t13-,14-/m0/s1. The topological polar surface area (TPSA) is 30.7 Å². The number of fused-ring (bicyclic) bond motifs is 1. The molecule has 104 valence electrons. The van der Waals surface area contributed by atoms with Crippen molar-refractivity contribution in [2.45, 2.75) is 44.3 Å². The molecule has 1 aliphatic carbocycles. The normalized spacial score (nSPS) is 25.4. The van der Waals surface area contributed by atoms with Crippen molar-refractivity contribution in [3.63, 3.8) is 0 Å². The van der Waals surface area contributed by atoms with Gasteiger partial charge in [0.1, 0.15) is 0 Å². The number of rotatable bonds is 3. The van der Waals surface area contributed by atoms with E-state index in [0.717, 1.165) is 17.8 Å². The van der Waals surface area contributed by atoms with Gasteiger partial charge < -0.3 is 0 Å². The van der Waals surface area contributed by atoms with Crippen LogP contribution in [0.1, 0.15) is 55.1 Å². The highest BCUT2D eigenvalue weighted by molar-refractivity contribution is 5.23. The van der Waals surface area contributed by atoms with Gasteiger partial charge >= 0.3 is 0 Å². The molecular formula is C16H18FN3. The minimum absolute atomic E-state index is 0.00356. The maximum atomic E-state index is 14.2. The molecule has 1 aromatic heterocycles. The van der Waals surface area contributed by atoms with Crippen LogP contribution in [0.25, 0.3) is 0 Å². The third-order valence-electron chi connectivity index (χ3n) is 4.59. The first-order valence-electron chi connectivity index (χ1n) is 7.45. The van der Waals surface area contributed by atoms with Crippen molar-refractivity contribution in [1.29, 1.82) is 0 Å². The van der Waals surface area contributed by atoms with Gasteiger partial charge in [0.2, 0.25) is 0 Å². The van der Waals surface area contributed by atoms with Crippen LogP contribution in [0.3, 0.4) is 0 Å². The summed E-state index contributed by atoms with van der Waals surface area (Å²) in [5.41, 5.74) is 1.12. The van der Waals surface area contributed by atoms with Gasteiger partial charge in [0.05, 0.1) is 6.04 Å². The van der Waals surface area contributed by atoms with Crippen molar-refractivity contribution in [2.24, 2.45) is 5.92 Å². The monoisotopic (exact) mass is 271 g/mol. The second-order valence-electron chi connectivity index (χ2n) is 5.96. The lowest BCUT2D eigenvalue weighted by atomic mass is 9.83. The van der Waals surface area contributed by atoms with Crippen LogP contribution >= 0.6 is 0 Å². The fourth-order valence-corrected chi connectivity index (χ4v) is 3.22. The fourth-order valence-electron chi connectivity index (χ4n) is 3.22. The zero-order valence-corrected chi connectivity index (χ0v) is 11.4. The summed E-state index contributed by atoms with van der Waals surface area (Å²) in [6.07, 6.45) is 4.24. The number of nitrogens with zero attached hydrogens (tertiary/aromatic N) is 3. The highest BCUT2D eigenvalue weighted by Crippen LogP contribution is 2.39. The van der Waals surface area contributed by atoms with Gasteiger partial charge in [0.15, 0.2) is 17.8 Å². The molecule has 0 radical (unpaired) electrons. The molecule has 0 unspecified atom stereocenters. The number of hydrogen-bond acceptors (Lipinski definition) is 2. The Hall–Kier alpha value is -1.71. The van der Waals surface area contributed by atoms with Crippen molar-refractivity contribution in [3.8, 4) is 0 Å². The zero-order chi connectivity index (χ0) is 13.5. The third kappa shape index (κ3) is 1.94. The van der Waals surface area contributed by atoms with Crippen LogP contribution in [-0.2, 0) is 6.42 Å². The molecule has 0 saturated heterocycles. The Bertz CT molecular complexity index is 603. The number of aromatic nitrogens is 3. The second-order valence-corrected chi connectivity index (χ2v) is 5.96. The van der Waals surface area contributed by atoms with Crippen molar-refractivity contribution in [2.75, 3.05) is 0 Å². The Labute approximate surface area is 117 Å². The van der Waals surface area contributed by atoms with Crippen LogP contribution < -0.4 is 0 Å². The Morgan fingerprint density at radius 2 is 2.00 bits per heavy atom. The zero-order valence-electron chi connectivity index (χ0n) is 11.4. The lowest BCUT2D eigenvalue weighted by Crippen LogP contribution is -2.15. The average Bonchev–Trinajstić information content (AvgIpc) is 2.96. The molecule has 4 heteroatoms. The van der Waals surface area contributed by atoms with E-state index in [9.17, 15) is 4.39 Å². The van der Waals surface area contributed by atoms with Crippen LogP contribution in [0.2, 0.25) is 0 Å². The predicted octanol–water partition coefficient (Wildman–Crippen LogP) is 3.62. The van der Waals surface area contributed by atoms with Gasteiger partial charge in [-0.25, -0.2) is 14.1 Å². The number of hydrogen-bond donors (Lipinski definition) is 0. The van der Waals surface area contributed by atoms with Gasteiger partial charge in [-0.05, 0) is 11.5 Å². The van der Waals surface area contributed by atoms with E-state index < -0.39 is 6.17 Å². The minimum Gasteiger partial charge on any atom is -0.239 e. The van der Waals surface area contributed by atoms with Crippen molar-refractivity contribution in [1.82, 2.24) is 14.8 Å². The van der Waals surface area contributed by atoms with Crippen LogP contribution in [0.15, 0.2) is 30.3 Å². The summed E-state index contributed by atoms with van der Waals surface area (Å²) in [5.74, 6) is 2.06. The lowest BCUT2D eigenvalue weighted by Gasteiger charge is -2.23. The molecule has 0 bridgehead atoms. The summed E-state index contributed by atoms with van der Waals surface area (Å²) in [6.45, 7) is 0. The van der Waals surface area contributed by atoms with Crippen molar-refractivity contribution >= 4 is 0 Å². The molecule has 3 nitrogen and oxygen atoms in total. The van der Waals surface area contributed by atoms with Crippen LogP contribution in [0.5, 0.6) is 0 Å². The Balaban J connectivity index is 1.64. The maximum Gasteiger partial charge on any atom is 0.162 e. The third-order valence-corrected chi connectivity index (χ3v) is 4.59. The van der Waals surface area contributed by atoms with Crippen molar-refractivity contribution in [3.05, 3.63) is 47.5 Å². The molecule has 2 atom stereocenters. The van der Waals surface area contributed by atoms with Gasteiger partial charge in [0.25, 0.3) is 0 Å². The first kappa shape index (κ1) is 12.1. The average molecular weight is 271 g/mol. The molecular weight excluding hydrogens is 253 g/mol. The van der Waals surface area contributed by atoms with Gasteiger partial charge in [-0.2, -0.15) is 5.10 Å². The van der Waals surface area contributed by atoms with E-state index in [1.54, 1.807) is 0 Å². The SMILES string of the molecule is F[C@H]1C[C@@H](c2ccccc2)n2nc(CC3CCC3)nc21. The molecule has 0 N–H and O–H groups in total. The largest absolute Gasteiger partial charge is 0.239 e. The first-order chi connectivity index (χ1) is 9.81. The molecule has 1 saturated carbocycles. The quantitative estimate of drug-likeness (QED) is 0.853. The van der Waals surface area contributed by atoms with Crippen LogP contribution in [-0.4, -0.2) is 14.8 Å². The van der Waals surface area contributed by atoms with E-state index >= 15 is 0 Å². The Morgan fingerprint density at radius 3 is 2.70 bits per heavy atom. The van der Waals surface area contributed by atoms with Crippen LogP contribution in [0, 0.1) is 5.92 Å². The fraction of sp³-hybridized carbons (Fsp3) is 0.500. The maximum absolute atomic E-state index is 14.2. The molecule has 4 rings (SSSR count). The van der Waals surface area contributed by atoms with Crippen molar-refractivity contribution < 1.29 is 4.39 Å². The minimum atomic E-state index is -0.983. The molecule has 1 fully saturated rings. The molecule has 2 aromatic rings. The lowest BCUT2D eigenvalue weighted by molar-refractivity contribution is 0.304. The summed E-state index contributed by atoms with van der Waals surface area (Å²) in [7, 11) is 0. The molecule has 0 amide bonds. The first-order valence-corrected chi connectivity index (χ1v) is 7.45. The Morgan fingerprint density at radius 1 is 1.20 bits per heavy atom. The summed E-state index contributed by atoms with van der Waals surface area (Å²) in [5, 5.41) is 4.59. The summed E-state index contributed by atoms with van der Waals surface area (Å²) >= 11 is 0. The van der Waals surface area contributed by atoms with Crippen LogP contribution in [0.4, 0.5) is 4.39 Å². The molecule has 1 aliphatic heterocycles. The molecule has 2 aliphatic rings. The van der Waals surface area contributed by atoms with E-state index in [0.29, 0.717) is 18.2 Å². The van der Waals surface area contributed by atoms with Gasteiger partial charge in [-0.15, -0.1) is 0 Å². The number of alkyl halides is 1. The highest BCUT2D eigenvalue weighted by Gasteiger charge is 2.35. The highest BCUT2D eigenvalue weighted by atomic mass is 19.1. The number of benzene rings is 1. The van der Waals surface area contributed by atoms with E-state index in [2.05, 4.69) is 10.1 Å². The predicted molar refractivity (Wildman–Crippen MR) is 74.1 cm³/mol. The second kappa shape index (κ2) is 4.69. The van der Waals surface area contributed by atoms with Gasteiger partial charge in [-0.1, -0.05) is 49.6 Å². The summed E-state index contributed by atoms with van der Waals surface area (Å²) in [6, 6.07) is 10.1.